The van der Waals surface area contributed by atoms with Gasteiger partial charge in [0.15, 0.2) is 0 Å². The number of likely N-dealkylation sites (tertiary alicyclic amines) is 1. The van der Waals surface area contributed by atoms with Gasteiger partial charge in [-0.05, 0) is 46.2 Å². The number of aromatic nitrogens is 2. The molecule has 4 rings (SSSR count). The number of rotatable bonds is 6. The molecule has 0 aromatic carbocycles. The first kappa shape index (κ1) is 20.1. The molecule has 1 aromatic rings. The molecule has 8 nitrogen and oxygen atoms in total. The first-order chi connectivity index (χ1) is 14.0. The number of imide groups is 1. The molecule has 2 saturated heterocycles. The number of imidazole rings is 1. The maximum atomic E-state index is 13.4. The Kier molecular flexibility index (Phi) is 5.46. The van der Waals surface area contributed by atoms with Crippen molar-refractivity contribution in [2.75, 3.05) is 33.2 Å². The van der Waals surface area contributed by atoms with E-state index in [4.69, 9.17) is 4.99 Å². The number of urea groups is 1. The van der Waals surface area contributed by atoms with Gasteiger partial charge in [0.2, 0.25) is 11.9 Å². The lowest BCUT2D eigenvalue weighted by molar-refractivity contribution is -0.689. The summed E-state index contributed by atoms with van der Waals surface area (Å²) in [6.07, 6.45) is 5.82. The Morgan fingerprint density at radius 2 is 1.83 bits per heavy atom. The standard InChI is InChI=1S/C21H33N6O2/c1-5-6-12-25-15(2)16(3)27-17-18(22-20(25)27)23(4)21(29)26(19(17)28)14-13-24-10-8-7-9-11-24/h17H,5-14H2,1-4H3/q+1. The number of nitrogens with zero attached hydrogens (tertiary/aromatic N) is 6. The second-order valence-corrected chi connectivity index (χ2v) is 8.45. The summed E-state index contributed by atoms with van der Waals surface area (Å²) >= 11 is 0. The van der Waals surface area contributed by atoms with E-state index in [1.54, 1.807) is 11.9 Å². The average Bonchev–Trinajstić information content (AvgIpc) is 3.22. The van der Waals surface area contributed by atoms with Gasteiger partial charge in [-0.25, -0.2) is 13.9 Å². The molecule has 2 fully saturated rings. The van der Waals surface area contributed by atoms with Gasteiger partial charge < -0.3 is 4.90 Å². The Morgan fingerprint density at radius 3 is 2.52 bits per heavy atom. The van der Waals surface area contributed by atoms with E-state index < -0.39 is 6.04 Å². The van der Waals surface area contributed by atoms with Crippen LogP contribution in [0.15, 0.2) is 4.99 Å². The van der Waals surface area contributed by atoms with Crippen LogP contribution in [0.25, 0.3) is 0 Å². The normalized spacial score (nSPS) is 22.2. The molecular weight excluding hydrogens is 368 g/mol. The first-order valence-electron chi connectivity index (χ1n) is 11.0. The third-order valence-electron chi connectivity index (χ3n) is 6.65. The highest BCUT2D eigenvalue weighted by molar-refractivity contribution is 6.20. The molecule has 0 saturated carbocycles. The molecule has 3 amide bonds. The maximum Gasteiger partial charge on any atom is 0.402 e. The van der Waals surface area contributed by atoms with E-state index >= 15 is 0 Å². The van der Waals surface area contributed by atoms with Gasteiger partial charge in [0.25, 0.3) is 5.91 Å². The minimum absolute atomic E-state index is 0.150. The summed E-state index contributed by atoms with van der Waals surface area (Å²) in [6, 6.07) is -0.794. The maximum absolute atomic E-state index is 13.4. The first-order valence-corrected chi connectivity index (χ1v) is 11.0. The third-order valence-corrected chi connectivity index (χ3v) is 6.65. The summed E-state index contributed by atoms with van der Waals surface area (Å²) in [6.45, 7) is 10.5. The fourth-order valence-electron chi connectivity index (χ4n) is 4.72. The summed E-state index contributed by atoms with van der Waals surface area (Å²) in [5.41, 5.74) is 2.19. The lowest BCUT2D eigenvalue weighted by atomic mass is 10.1. The van der Waals surface area contributed by atoms with Crippen molar-refractivity contribution in [1.82, 2.24) is 19.3 Å². The van der Waals surface area contributed by atoms with Crippen molar-refractivity contribution >= 4 is 23.7 Å². The molecule has 8 heteroatoms. The van der Waals surface area contributed by atoms with E-state index in [0.717, 1.165) is 56.4 Å². The highest BCUT2D eigenvalue weighted by Gasteiger charge is 2.54. The quantitative estimate of drug-likeness (QED) is 0.686. The zero-order chi connectivity index (χ0) is 20.7. The van der Waals surface area contributed by atoms with Crippen molar-refractivity contribution in [2.45, 2.75) is 65.5 Å². The number of unbranched alkanes of at least 4 members (excludes halogenated alkanes) is 1. The van der Waals surface area contributed by atoms with Crippen molar-refractivity contribution in [1.29, 1.82) is 0 Å². The summed E-state index contributed by atoms with van der Waals surface area (Å²) in [7, 11) is 1.74. The Bertz CT molecular complexity index is 852. The van der Waals surface area contributed by atoms with E-state index in [-0.39, 0.29) is 11.9 Å². The minimum Gasteiger partial charge on any atom is -0.302 e. The van der Waals surface area contributed by atoms with Crippen LogP contribution in [0.5, 0.6) is 0 Å². The van der Waals surface area contributed by atoms with Crippen LogP contribution in [0.4, 0.5) is 10.7 Å². The molecule has 0 spiro atoms. The fraction of sp³-hybridized carbons (Fsp3) is 0.714. The Hall–Kier alpha value is -2.22. The summed E-state index contributed by atoms with van der Waals surface area (Å²) in [5.74, 6) is 1.19. The van der Waals surface area contributed by atoms with E-state index in [2.05, 4.69) is 23.3 Å². The predicted molar refractivity (Wildman–Crippen MR) is 110 cm³/mol. The van der Waals surface area contributed by atoms with Crippen LogP contribution >= 0.6 is 0 Å². The topological polar surface area (TPSA) is 65.0 Å². The number of hydrogen-bond donors (Lipinski definition) is 0. The van der Waals surface area contributed by atoms with E-state index in [1.807, 2.05) is 11.5 Å². The number of hydrogen-bond acceptors (Lipinski definition) is 4. The van der Waals surface area contributed by atoms with Crippen LogP contribution in [0.2, 0.25) is 0 Å². The van der Waals surface area contributed by atoms with E-state index in [1.165, 1.54) is 24.2 Å². The van der Waals surface area contributed by atoms with Gasteiger partial charge >= 0.3 is 12.0 Å². The molecule has 0 radical (unpaired) electrons. The highest BCUT2D eigenvalue weighted by Crippen LogP contribution is 2.35. The highest BCUT2D eigenvalue weighted by atomic mass is 16.2. The predicted octanol–water partition coefficient (Wildman–Crippen LogP) is 2.16. The molecule has 0 bridgehead atoms. The van der Waals surface area contributed by atoms with Crippen LogP contribution in [-0.4, -0.2) is 70.3 Å². The molecule has 1 unspecified atom stereocenters. The zero-order valence-electron chi connectivity index (χ0n) is 18.1. The van der Waals surface area contributed by atoms with Crippen molar-refractivity contribution in [3.8, 4) is 0 Å². The van der Waals surface area contributed by atoms with Gasteiger partial charge in [-0.15, -0.1) is 0 Å². The molecule has 1 aromatic heterocycles. The molecule has 3 aliphatic rings. The Labute approximate surface area is 172 Å². The van der Waals surface area contributed by atoms with Gasteiger partial charge in [-0.2, -0.15) is 0 Å². The number of amidine groups is 1. The summed E-state index contributed by atoms with van der Waals surface area (Å²) < 4.78 is 4.22. The van der Waals surface area contributed by atoms with Crippen molar-refractivity contribution in [3.63, 3.8) is 0 Å². The summed E-state index contributed by atoms with van der Waals surface area (Å²) in [5, 5.41) is 0. The number of carbonyl (C=O) groups excluding carboxylic acids is 2. The molecule has 158 valence electrons. The Morgan fingerprint density at radius 1 is 1.10 bits per heavy atom. The molecule has 29 heavy (non-hydrogen) atoms. The molecule has 4 heterocycles. The number of piperidine rings is 1. The van der Waals surface area contributed by atoms with Gasteiger partial charge in [-0.3, -0.25) is 14.6 Å². The third kappa shape index (κ3) is 3.27. The van der Waals surface area contributed by atoms with E-state index in [0.29, 0.717) is 12.4 Å². The number of carbonyl (C=O) groups is 2. The molecule has 3 aliphatic heterocycles. The fourth-order valence-corrected chi connectivity index (χ4v) is 4.72. The van der Waals surface area contributed by atoms with Crippen LogP contribution in [0.3, 0.4) is 0 Å². The lowest BCUT2D eigenvalue weighted by Gasteiger charge is -2.35. The van der Waals surface area contributed by atoms with Crippen LogP contribution in [0, 0.1) is 13.8 Å². The SMILES string of the molecule is CCCC[n+]1c(C)c(C)n2c1N=C1C2C(=O)N(CCN2CCCCC2)C(=O)N1C. The number of fused-ring (bicyclic) bond motifs is 3. The van der Waals surface area contributed by atoms with Gasteiger partial charge in [0.05, 0.1) is 6.54 Å². The lowest BCUT2D eigenvalue weighted by Crippen LogP contribution is -2.59. The summed E-state index contributed by atoms with van der Waals surface area (Å²) in [4.78, 5) is 36.5. The minimum atomic E-state index is -0.532. The molecule has 0 aliphatic carbocycles. The molecular formula is C21H33N6O2+. The van der Waals surface area contributed by atoms with Gasteiger partial charge in [-0.1, -0.05) is 24.8 Å². The van der Waals surface area contributed by atoms with Crippen molar-refractivity contribution in [3.05, 3.63) is 11.4 Å². The van der Waals surface area contributed by atoms with Crippen LogP contribution < -0.4 is 4.57 Å². The number of amides is 3. The van der Waals surface area contributed by atoms with Crippen molar-refractivity contribution < 1.29 is 14.2 Å². The van der Waals surface area contributed by atoms with Crippen LogP contribution in [-0.2, 0) is 11.3 Å². The smallest absolute Gasteiger partial charge is 0.302 e. The van der Waals surface area contributed by atoms with Crippen LogP contribution in [0.1, 0.15) is 56.5 Å². The monoisotopic (exact) mass is 401 g/mol. The average molecular weight is 402 g/mol. The van der Waals surface area contributed by atoms with E-state index in [9.17, 15) is 9.59 Å². The molecule has 0 N–H and O–H groups in total. The second-order valence-electron chi connectivity index (χ2n) is 8.45. The molecule has 1 atom stereocenters. The van der Waals surface area contributed by atoms with Gasteiger partial charge in [0, 0.05) is 20.1 Å². The largest absolute Gasteiger partial charge is 0.402 e. The van der Waals surface area contributed by atoms with Crippen molar-refractivity contribution in [2.24, 2.45) is 4.99 Å². The second kappa shape index (κ2) is 7.89. The van der Waals surface area contributed by atoms with Gasteiger partial charge in [0.1, 0.15) is 11.4 Å². The zero-order valence-corrected chi connectivity index (χ0v) is 18.1. The number of aliphatic imine (C=N–C) groups is 1. The Balaban J connectivity index is 1.61. The number of likely N-dealkylation sites (N-methyl/N-ethyl adjacent to an activating group) is 1.